The third-order valence-corrected chi connectivity index (χ3v) is 3.72. The Balaban J connectivity index is 2.03. The van der Waals surface area contributed by atoms with Crippen molar-refractivity contribution in [2.75, 3.05) is 20.1 Å². The molecular weight excluding hydrogens is 216 g/mol. The van der Waals surface area contributed by atoms with E-state index < -0.39 is 0 Å². The molecule has 94 valence electrons. The van der Waals surface area contributed by atoms with Crippen molar-refractivity contribution in [3.63, 3.8) is 0 Å². The van der Waals surface area contributed by atoms with E-state index in [1.165, 1.54) is 0 Å². The van der Waals surface area contributed by atoms with Crippen LogP contribution in [-0.2, 0) is 11.3 Å². The lowest BCUT2D eigenvalue weighted by Gasteiger charge is -2.30. The van der Waals surface area contributed by atoms with Crippen LogP contribution >= 0.6 is 0 Å². The smallest absolute Gasteiger partial charge is 0.230 e. The van der Waals surface area contributed by atoms with Gasteiger partial charge in [-0.25, -0.2) is 0 Å². The van der Waals surface area contributed by atoms with Crippen LogP contribution in [0.15, 0.2) is 23.0 Å². The van der Waals surface area contributed by atoms with Crippen LogP contribution in [0.2, 0.25) is 0 Å². The lowest BCUT2D eigenvalue weighted by molar-refractivity contribution is -0.140. The van der Waals surface area contributed by atoms with Crippen LogP contribution in [0.4, 0.5) is 0 Å². The van der Waals surface area contributed by atoms with E-state index in [4.69, 9.17) is 4.42 Å². The first kappa shape index (κ1) is 12.2. The molecule has 2 rings (SSSR count). The lowest BCUT2D eigenvalue weighted by Crippen LogP contribution is -2.42. The molecule has 1 aromatic rings. The number of amides is 1. The number of carbonyl (C=O) groups excluding carboxylic acids is 1. The molecule has 1 saturated heterocycles. The molecule has 1 aromatic heterocycles. The third kappa shape index (κ3) is 2.36. The minimum Gasteiger partial charge on any atom is -0.472 e. The first-order chi connectivity index (χ1) is 8.18. The molecule has 1 amide bonds. The number of rotatable bonds is 4. The zero-order valence-electron chi connectivity index (χ0n) is 10.5. The Morgan fingerprint density at radius 2 is 2.47 bits per heavy atom. The zero-order valence-corrected chi connectivity index (χ0v) is 10.5. The van der Waals surface area contributed by atoms with Gasteiger partial charge in [-0.1, -0.05) is 6.92 Å². The van der Waals surface area contributed by atoms with E-state index in [0.717, 1.165) is 31.5 Å². The summed E-state index contributed by atoms with van der Waals surface area (Å²) in [6.45, 7) is 4.46. The van der Waals surface area contributed by atoms with Crippen LogP contribution in [0.5, 0.6) is 0 Å². The summed E-state index contributed by atoms with van der Waals surface area (Å²) in [4.78, 5) is 14.3. The van der Waals surface area contributed by atoms with Gasteiger partial charge in [-0.3, -0.25) is 4.79 Å². The standard InChI is InChI=1S/C13H20N2O2/c1-3-13(5-6-14-10-13)12(16)15(2)8-11-4-7-17-9-11/h4,7,9,14H,3,5-6,8,10H2,1-2H3. The van der Waals surface area contributed by atoms with Crippen molar-refractivity contribution in [2.45, 2.75) is 26.3 Å². The van der Waals surface area contributed by atoms with Crippen molar-refractivity contribution in [2.24, 2.45) is 5.41 Å². The molecular formula is C13H20N2O2. The predicted octanol–water partition coefficient (Wildman–Crippen LogP) is 1.63. The Bertz CT molecular complexity index is 367. The fourth-order valence-electron chi connectivity index (χ4n) is 2.51. The van der Waals surface area contributed by atoms with E-state index in [1.807, 2.05) is 13.1 Å². The number of nitrogens with zero attached hydrogens (tertiary/aromatic N) is 1. The molecule has 0 aromatic carbocycles. The second-order valence-corrected chi connectivity index (χ2v) is 4.85. The van der Waals surface area contributed by atoms with Crippen molar-refractivity contribution in [3.8, 4) is 0 Å². The fraction of sp³-hybridized carbons (Fsp3) is 0.615. The van der Waals surface area contributed by atoms with Crippen molar-refractivity contribution in [1.82, 2.24) is 10.2 Å². The van der Waals surface area contributed by atoms with E-state index in [-0.39, 0.29) is 11.3 Å². The molecule has 0 saturated carbocycles. The molecule has 1 atom stereocenters. The molecule has 4 nitrogen and oxygen atoms in total. The van der Waals surface area contributed by atoms with Crippen LogP contribution in [0.3, 0.4) is 0 Å². The first-order valence-electron chi connectivity index (χ1n) is 6.15. The molecule has 0 aliphatic carbocycles. The van der Waals surface area contributed by atoms with Gasteiger partial charge < -0.3 is 14.6 Å². The average Bonchev–Trinajstić information content (AvgIpc) is 2.99. The van der Waals surface area contributed by atoms with E-state index in [9.17, 15) is 4.79 Å². The van der Waals surface area contributed by atoms with Gasteiger partial charge in [0, 0.05) is 25.7 Å². The molecule has 0 radical (unpaired) electrons. The summed E-state index contributed by atoms with van der Waals surface area (Å²) in [5, 5.41) is 3.29. The highest BCUT2D eigenvalue weighted by molar-refractivity contribution is 5.83. The van der Waals surface area contributed by atoms with Crippen molar-refractivity contribution < 1.29 is 9.21 Å². The molecule has 17 heavy (non-hydrogen) atoms. The molecule has 1 aliphatic rings. The van der Waals surface area contributed by atoms with Crippen molar-refractivity contribution >= 4 is 5.91 Å². The highest BCUT2D eigenvalue weighted by Gasteiger charge is 2.41. The quantitative estimate of drug-likeness (QED) is 0.864. The predicted molar refractivity (Wildman–Crippen MR) is 65.4 cm³/mol. The zero-order chi connectivity index (χ0) is 12.3. The number of hydrogen-bond acceptors (Lipinski definition) is 3. The van der Waals surface area contributed by atoms with Gasteiger partial charge in [-0.15, -0.1) is 0 Å². The van der Waals surface area contributed by atoms with Gasteiger partial charge in [0.25, 0.3) is 0 Å². The highest BCUT2D eigenvalue weighted by Crippen LogP contribution is 2.31. The molecule has 4 heteroatoms. The van der Waals surface area contributed by atoms with Gasteiger partial charge in [-0.05, 0) is 25.5 Å². The van der Waals surface area contributed by atoms with Crippen LogP contribution < -0.4 is 5.32 Å². The van der Waals surface area contributed by atoms with Gasteiger partial charge in [0.1, 0.15) is 0 Å². The summed E-state index contributed by atoms with van der Waals surface area (Å²) >= 11 is 0. The number of carbonyl (C=O) groups is 1. The second kappa shape index (κ2) is 4.92. The van der Waals surface area contributed by atoms with E-state index in [1.54, 1.807) is 17.4 Å². The summed E-state index contributed by atoms with van der Waals surface area (Å²) in [5.74, 6) is 0.242. The van der Waals surface area contributed by atoms with Crippen LogP contribution in [0.1, 0.15) is 25.3 Å². The number of hydrogen-bond donors (Lipinski definition) is 1. The van der Waals surface area contributed by atoms with E-state index in [0.29, 0.717) is 6.54 Å². The minimum atomic E-state index is -0.196. The number of furan rings is 1. The summed E-state index contributed by atoms with van der Waals surface area (Å²) in [6.07, 6.45) is 5.17. The summed E-state index contributed by atoms with van der Waals surface area (Å²) in [7, 11) is 1.87. The van der Waals surface area contributed by atoms with Crippen LogP contribution in [0, 0.1) is 5.41 Å². The Kier molecular flexibility index (Phi) is 3.52. The van der Waals surface area contributed by atoms with E-state index in [2.05, 4.69) is 12.2 Å². The SMILES string of the molecule is CCC1(C(=O)N(C)Cc2ccoc2)CCNC1. The molecule has 0 bridgehead atoms. The molecule has 0 spiro atoms. The second-order valence-electron chi connectivity index (χ2n) is 4.85. The Morgan fingerprint density at radius 3 is 3.00 bits per heavy atom. The summed E-state index contributed by atoms with van der Waals surface area (Å²) < 4.78 is 5.02. The minimum absolute atomic E-state index is 0.196. The van der Waals surface area contributed by atoms with Gasteiger partial charge >= 0.3 is 0 Å². The van der Waals surface area contributed by atoms with E-state index >= 15 is 0 Å². The van der Waals surface area contributed by atoms with Gasteiger partial charge in [0.05, 0.1) is 17.9 Å². The molecule has 1 N–H and O–H groups in total. The first-order valence-corrected chi connectivity index (χ1v) is 6.15. The maximum absolute atomic E-state index is 12.5. The number of nitrogens with one attached hydrogen (secondary N) is 1. The Morgan fingerprint density at radius 1 is 1.65 bits per heavy atom. The molecule has 1 aliphatic heterocycles. The summed E-state index contributed by atoms with van der Waals surface area (Å²) in [5.41, 5.74) is 0.844. The Labute approximate surface area is 102 Å². The van der Waals surface area contributed by atoms with Gasteiger partial charge in [-0.2, -0.15) is 0 Å². The molecule has 1 fully saturated rings. The van der Waals surface area contributed by atoms with Gasteiger partial charge in [0.2, 0.25) is 5.91 Å². The third-order valence-electron chi connectivity index (χ3n) is 3.72. The van der Waals surface area contributed by atoms with Crippen molar-refractivity contribution in [3.05, 3.63) is 24.2 Å². The normalized spacial score (nSPS) is 23.9. The molecule has 1 unspecified atom stereocenters. The molecule has 2 heterocycles. The van der Waals surface area contributed by atoms with Gasteiger partial charge in [0.15, 0.2) is 0 Å². The monoisotopic (exact) mass is 236 g/mol. The lowest BCUT2D eigenvalue weighted by atomic mass is 9.83. The maximum atomic E-state index is 12.5. The maximum Gasteiger partial charge on any atom is 0.230 e. The van der Waals surface area contributed by atoms with Crippen LogP contribution in [0.25, 0.3) is 0 Å². The average molecular weight is 236 g/mol. The highest BCUT2D eigenvalue weighted by atomic mass is 16.3. The Hall–Kier alpha value is -1.29. The van der Waals surface area contributed by atoms with Crippen molar-refractivity contribution in [1.29, 1.82) is 0 Å². The fourth-order valence-corrected chi connectivity index (χ4v) is 2.51. The summed E-state index contributed by atoms with van der Waals surface area (Å²) in [6, 6.07) is 1.90. The topological polar surface area (TPSA) is 45.5 Å². The van der Waals surface area contributed by atoms with Crippen LogP contribution in [-0.4, -0.2) is 30.9 Å². The largest absolute Gasteiger partial charge is 0.472 e.